The van der Waals surface area contributed by atoms with Crippen molar-refractivity contribution in [2.75, 3.05) is 0 Å². The molecule has 9 heteroatoms. The van der Waals surface area contributed by atoms with Crippen molar-refractivity contribution < 1.29 is 34.2 Å². The van der Waals surface area contributed by atoms with Crippen LogP contribution < -0.4 is 0 Å². The lowest BCUT2D eigenvalue weighted by molar-refractivity contribution is -0.0894. The Labute approximate surface area is 90.3 Å². The Hall–Kier alpha value is 0.340. The highest BCUT2D eigenvalue weighted by atomic mass is 32.2. The Bertz CT molecular complexity index is 268. The zero-order valence-electron chi connectivity index (χ0n) is 7.79. The molecule has 0 spiro atoms. The minimum absolute atomic E-state index is 0.486. The van der Waals surface area contributed by atoms with Crippen molar-refractivity contribution in [3.8, 4) is 0 Å². The van der Waals surface area contributed by atoms with Crippen LogP contribution in [0.1, 0.15) is 6.92 Å². The molecule has 0 bridgehead atoms. The summed E-state index contributed by atoms with van der Waals surface area (Å²) in [5.41, 5.74) is -1.25. The first-order chi connectivity index (χ1) is 6.72. The average molecular weight is 260 g/mol. The molecule has 0 radical (unpaired) electrons. The van der Waals surface area contributed by atoms with E-state index in [2.05, 4.69) is 4.52 Å². The van der Waals surface area contributed by atoms with E-state index in [-0.39, 0.29) is 0 Å². The molecule has 1 aliphatic rings. The van der Waals surface area contributed by atoms with Gasteiger partial charge in [-0.25, -0.2) is 4.57 Å². The zero-order chi connectivity index (χ0) is 11.8. The Morgan fingerprint density at radius 2 is 1.67 bits per heavy atom. The van der Waals surface area contributed by atoms with E-state index >= 15 is 0 Å². The van der Waals surface area contributed by atoms with Crippen LogP contribution in [0.4, 0.5) is 0 Å². The van der Waals surface area contributed by atoms with Gasteiger partial charge in [0.2, 0.25) is 0 Å². The van der Waals surface area contributed by atoms with Crippen molar-refractivity contribution in [3.63, 3.8) is 0 Å². The summed E-state index contributed by atoms with van der Waals surface area (Å²) in [6.45, 7) is 1.56. The number of aliphatic hydroxyl groups excluding tert-OH is 3. The maximum absolute atomic E-state index is 10.5. The summed E-state index contributed by atoms with van der Waals surface area (Å²) in [6, 6.07) is 0. The van der Waals surface area contributed by atoms with Crippen LogP contribution in [0, 0.1) is 0 Å². The summed E-state index contributed by atoms with van der Waals surface area (Å²) in [5.74, 6) is 0. The number of rotatable bonds is 2. The number of phosphoric ester groups is 1. The van der Waals surface area contributed by atoms with Crippen molar-refractivity contribution in [2.45, 2.75) is 35.9 Å². The summed E-state index contributed by atoms with van der Waals surface area (Å²) >= 11 is 0.859. The molecule has 0 aliphatic carbocycles. The molecule has 5 atom stereocenters. The van der Waals surface area contributed by atoms with Gasteiger partial charge in [0.05, 0.1) is 6.10 Å². The average Bonchev–Trinajstić information content (AvgIpc) is 2.08. The van der Waals surface area contributed by atoms with E-state index in [1.165, 1.54) is 0 Å². The largest absolute Gasteiger partial charge is 0.470 e. The fourth-order valence-electron chi connectivity index (χ4n) is 1.24. The smallest absolute Gasteiger partial charge is 0.389 e. The molecule has 1 fully saturated rings. The van der Waals surface area contributed by atoms with E-state index in [9.17, 15) is 19.9 Å². The lowest BCUT2D eigenvalue weighted by Crippen LogP contribution is -2.52. The topological polar surface area (TPSA) is 127 Å². The molecule has 1 rings (SSSR count). The van der Waals surface area contributed by atoms with Gasteiger partial charge in [0.15, 0.2) is 0 Å². The minimum atomic E-state index is -4.72. The first kappa shape index (κ1) is 13.4. The second-order valence-electron chi connectivity index (χ2n) is 3.28. The second-order valence-corrected chi connectivity index (χ2v) is 5.95. The van der Waals surface area contributed by atoms with Gasteiger partial charge in [-0.15, -0.1) is 11.8 Å². The van der Waals surface area contributed by atoms with Gasteiger partial charge in [-0.2, -0.15) is 0 Å². The summed E-state index contributed by atoms with van der Waals surface area (Å²) in [4.78, 5) is 17.1. The van der Waals surface area contributed by atoms with Gasteiger partial charge in [-0.3, -0.25) is 4.52 Å². The monoisotopic (exact) mass is 260 g/mol. The summed E-state index contributed by atoms with van der Waals surface area (Å²) in [5, 5.41) is 27.6. The van der Waals surface area contributed by atoms with Crippen LogP contribution in [-0.4, -0.2) is 54.1 Å². The predicted octanol–water partition coefficient (Wildman–Crippen LogP) is -1.36. The van der Waals surface area contributed by atoms with Crippen molar-refractivity contribution in [1.29, 1.82) is 0 Å². The third kappa shape index (κ3) is 3.40. The fraction of sp³-hybridized carbons (Fsp3) is 1.00. The number of phosphoric acid groups is 1. The Kier molecular flexibility index (Phi) is 4.19. The molecule has 0 aromatic rings. The standard InChI is InChI=1S/C6H13O7PS/c1-2-3(7)4(8)5(9)6(15-2)13-14(10,11)12/h2-9H,1H3,(H2,10,11,12)/t2-,3+,4+,5-,6-/m0/s1. The van der Waals surface area contributed by atoms with Crippen LogP contribution in [0.15, 0.2) is 0 Å². The van der Waals surface area contributed by atoms with E-state index in [4.69, 9.17) is 9.79 Å². The van der Waals surface area contributed by atoms with Gasteiger partial charge < -0.3 is 25.1 Å². The van der Waals surface area contributed by atoms with Gasteiger partial charge in [0, 0.05) is 5.25 Å². The van der Waals surface area contributed by atoms with Crippen molar-refractivity contribution in [2.24, 2.45) is 0 Å². The molecule has 15 heavy (non-hydrogen) atoms. The molecule has 1 heterocycles. The van der Waals surface area contributed by atoms with Gasteiger partial charge in [-0.05, 0) is 0 Å². The molecule has 1 saturated heterocycles. The van der Waals surface area contributed by atoms with Crippen LogP contribution in [0.5, 0.6) is 0 Å². The molecular weight excluding hydrogens is 247 g/mol. The molecule has 0 unspecified atom stereocenters. The van der Waals surface area contributed by atoms with E-state index in [1.54, 1.807) is 6.92 Å². The van der Waals surface area contributed by atoms with Gasteiger partial charge in [-0.1, -0.05) is 6.92 Å². The molecule has 0 aromatic carbocycles. The van der Waals surface area contributed by atoms with Gasteiger partial charge in [0.1, 0.15) is 17.6 Å². The number of hydrogen-bond donors (Lipinski definition) is 5. The quantitative estimate of drug-likeness (QED) is 0.385. The first-order valence-electron chi connectivity index (χ1n) is 4.16. The lowest BCUT2D eigenvalue weighted by atomic mass is 10.1. The number of hydrogen-bond acceptors (Lipinski definition) is 6. The summed E-state index contributed by atoms with van der Waals surface area (Å²) in [7, 11) is -4.72. The molecular formula is C6H13O7PS. The molecule has 1 aliphatic heterocycles. The maximum atomic E-state index is 10.5. The van der Waals surface area contributed by atoms with E-state index in [0.717, 1.165) is 11.8 Å². The number of thioether (sulfide) groups is 1. The summed E-state index contributed by atoms with van der Waals surface area (Å²) < 4.78 is 14.8. The highest BCUT2D eigenvalue weighted by molar-refractivity contribution is 8.00. The lowest BCUT2D eigenvalue weighted by Gasteiger charge is -2.38. The third-order valence-electron chi connectivity index (χ3n) is 2.05. The third-order valence-corrected chi connectivity index (χ3v) is 4.05. The highest BCUT2D eigenvalue weighted by Gasteiger charge is 2.44. The number of aliphatic hydroxyl groups is 3. The highest BCUT2D eigenvalue weighted by Crippen LogP contribution is 2.44. The van der Waals surface area contributed by atoms with Crippen LogP contribution in [0.3, 0.4) is 0 Å². The Morgan fingerprint density at radius 3 is 2.13 bits per heavy atom. The second kappa shape index (κ2) is 4.68. The van der Waals surface area contributed by atoms with Gasteiger partial charge >= 0.3 is 7.82 Å². The fourth-order valence-corrected chi connectivity index (χ4v) is 3.23. The van der Waals surface area contributed by atoms with Crippen LogP contribution >= 0.6 is 19.6 Å². The van der Waals surface area contributed by atoms with Crippen molar-refractivity contribution in [3.05, 3.63) is 0 Å². The molecule has 0 aromatic heterocycles. The zero-order valence-corrected chi connectivity index (χ0v) is 9.51. The van der Waals surface area contributed by atoms with E-state index in [0.29, 0.717) is 0 Å². The Balaban J connectivity index is 2.71. The van der Waals surface area contributed by atoms with E-state index in [1.807, 2.05) is 0 Å². The van der Waals surface area contributed by atoms with Gasteiger partial charge in [0.25, 0.3) is 0 Å². The van der Waals surface area contributed by atoms with Crippen molar-refractivity contribution >= 4 is 19.6 Å². The minimum Gasteiger partial charge on any atom is -0.389 e. The van der Waals surface area contributed by atoms with Crippen molar-refractivity contribution in [1.82, 2.24) is 0 Å². The molecule has 5 N–H and O–H groups in total. The molecule has 0 amide bonds. The Morgan fingerprint density at radius 1 is 1.13 bits per heavy atom. The van der Waals surface area contributed by atoms with Crippen LogP contribution in [-0.2, 0) is 9.09 Å². The predicted molar refractivity (Wildman–Crippen MR) is 52.0 cm³/mol. The molecule has 0 saturated carbocycles. The first-order valence-corrected chi connectivity index (χ1v) is 6.63. The molecule has 7 nitrogen and oxygen atoms in total. The molecule has 90 valence electrons. The maximum Gasteiger partial charge on any atom is 0.470 e. The van der Waals surface area contributed by atoms with E-state index < -0.39 is 36.8 Å². The SMILES string of the molecule is C[C@@H]1S[C@H](OP(=O)(O)O)[C@@H](O)[C@H](O)[C@@H]1O. The summed E-state index contributed by atoms with van der Waals surface area (Å²) in [6.07, 6.45) is -4.16. The normalized spacial score (nSPS) is 42.9. The van der Waals surface area contributed by atoms with Crippen LogP contribution in [0.2, 0.25) is 0 Å². The van der Waals surface area contributed by atoms with Crippen LogP contribution in [0.25, 0.3) is 0 Å².